The number of hydrogen-bond donors (Lipinski definition) is 1. The van der Waals surface area contributed by atoms with Gasteiger partial charge in [-0.15, -0.1) is 0 Å². The lowest BCUT2D eigenvalue weighted by Gasteiger charge is -2.11. The van der Waals surface area contributed by atoms with Crippen LogP contribution in [0.25, 0.3) is 22.2 Å². The van der Waals surface area contributed by atoms with Crippen molar-refractivity contribution in [2.24, 2.45) is 7.05 Å². The lowest BCUT2D eigenvalue weighted by molar-refractivity contribution is 0.0501. The number of ether oxygens (including phenoxy) is 2. The molecular formula is C18H19NO3. The van der Waals surface area contributed by atoms with Gasteiger partial charge in [0.25, 0.3) is 0 Å². The van der Waals surface area contributed by atoms with Gasteiger partial charge in [-0.1, -0.05) is 30.3 Å². The third kappa shape index (κ3) is 2.22. The van der Waals surface area contributed by atoms with Gasteiger partial charge in [-0.2, -0.15) is 0 Å². The van der Waals surface area contributed by atoms with Gasteiger partial charge in [0.1, 0.15) is 0 Å². The monoisotopic (exact) mass is 297 g/mol. The van der Waals surface area contributed by atoms with E-state index in [4.69, 9.17) is 9.47 Å². The van der Waals surface area contributed by atoms with E-state index >= 15 is 0 Å². The number of phenolic OH excluding ortho intramolecular Hbond substituents is 1. The van der Waals surface area contributed by atoms with Gasteiger partial charge in [-0.25, -0.2) is 0 Å². The molecule has 0 aliphatic rings. The average molecular weight is 297 g/mol. The zero-order valence-electron chi connectivity index (χ0n) is 13.0. The minimum absolute atomic E-state index is 0.0948. The summed E-state index contributed by atoms with van der Waals surface area (Å²) in [4.78, 5) is 0. The Balaban J connectivity index is 2.29. The second-order valence-corrected chi connectivity index (χ2v) is 5.26. The molecule has 0 amide bonds. The summed E-state index contributed by atoms with van der Waals surface area (Å²) >= 11 is 0. The summed E-state index contributed by atoms with van der Waals surface area (Å²) in [6, 6.07) is 13.8. The molecule has 2 aromatic carbocycles. The first-order chi connectivity index (χ1) is 10.6. The van der Waals surface area contributed by atoms with Crippen molar-refractivity contribution in [3.63, 3.8) is 0 Å². The number of benzene rings is 2. The highest BCUT2D eigenvalue weighted by molar-refractivity contribution is 5.96. The van der Waals surface area contributed by atoms with Crippen LogP contribution in [0.15, 0.2) is 42.5 Å². The van der Waals surface area contributed by atoms with Gasteiger partial charge in [-0.05, 0) is 30.2 Å². The summed E-state index contributed by atoms with van der Waals surface area (Å²) in [5, 5.41) is 11.2. The lowest BCUT2D eigenvalue weighted by atomic mass is 10.1. The Morgan fingerprint density at radius 3 is 2.50 bits per heavy atom. The predicted molar refractivity (Wildman–Crippen MR) is 87.3 cm³/mol. The molecule has 0 saturated carbocycles. The van der Waals surface area contributed by atoms with Gasteiger partial charge in [0.15, 0.2) is 18.3 Å². The molecule has 114 valence electrons. The first kappa shape index (κ1) is 14.5. The van der Waals surface area contributed by atoms with Crippen molar-refractivity contribution in [1.82, 2.24) is 4.57 Å². The van der Waals surface area contributed by atoms with Crippen molar-refractivity contribution >= 4 is 10.9 Å². The molecule has 1 aromatic heterocycles. The molecule has 0 saturated heterocycles. The van der Waals surface area contributed by atoms with Crippen LogP contribution in [0.5, 0.6) is 11.5 Å². The van der Waals surface area contributed by atoms with Crippen molar-refractivity contribution in [1.29, 1.82) is 0 Å². The second-order valence-electron chi connectivity index (χ2n) is 5.26. The highest BCUT2D eigenvalue weighted by Crippen LogP contribution is 2.41. The van der Waals surface area contributed by atoms with Gasteiger partial charge in [0.2, 0.25) is 0 Å². The summed E-state index contributed by atoms with van der Waals surface area (Å²) in [6.07, 6.45) is 0. The van der Waals surface area contributed by atoms with Crippen molar-refractivity contribution in [3.8, 4) is 22.8 Å². The maximum atomic E-state index is 10.1. The maximum absolute atomic E-state index is 10.1. The Kier molecular flexibility index (Phi) is 3.77. The van der Waals surface area contributed by atoms with Crippen LogP contribution >= 0.6 is 0 Å². The minimum Gasteiger partial charge on any atom is -0.504 e. The Labute approximate surface area is 129 Å². The molecule has 4 heteroatoms. The molecule has 3 aromatic rings. The van der Waals surface area contributed by atoms with E-state index in [-0.39, 0.29) is 12.5 Å². The third-order valence-electron chi connectivity index (χ3n) is 3.91. The number of fused-ring (bicyclic) bond motifs is 1. The van der Waals surface area contributed by atoms with Crippen molar-refractivity contribution < 1.29 is 14.6 Å². The van der Waals surface area contributed by atoms with Crippen LogP contribution in [0, 0.1) is 6.92 Å². The predicted octanol–water partition coefficient (Wildman–Crippen LogP) is 3.84. The smallest absolute Gasteiger partial charge is 0.189 e. The van der Waals surface area contributed by atoms with Gasteiger partial charge in [0.05, 0.1) is 11.2 Å². The number of aromatic nitrogens is 1. The Hall–Kier alpha value is -2.46. The number of phenols is 1. The van der Waals surface area contributed by atoms with E-state index in [1.807, 2.05) is 31.3 Å². The molecule has 22 heavy (non-hydrogen) atoms. The van der Waals surface area contributed by atoms with E-state index in [0.29, 0.717) is 5.75 Å². The molecular weight excluding hydrogens is 278 g/mol. The van der Waals surface area contributed by atoms with Crippen LogP contribution < -0.4 is 4.74 Å². The number of methoxy groups -OCH3 is 1. The van der Waals surface area contributed by atoms with Crippen molar-refractivity contribution in [3.05, 3.63) is 48.0 Å². The van der Waals surface area contributed by atoms with Crippen LogP contribution in [0.3, 0.4) is 0 Å². The van der Waals surface area contributed by atoms with Gasteiger partial charge in [0, 0.05) is 19.5 Å². The van der Waals surface area contributed by atoms with Crippen LogP contribution in [0.4, 0.5) is 0 Å². The van der Waals surface area contributed by atoms with E-state index < -0.39 is 0 Å². The minimum atomic E-state index is 0.0948. The van der Waals surface area contributed by atoms with E-state index in [1.54, 1.807) is 13.2 Å². The van der Waals surface area contributed by atoms with Crippen LogP contribution in [0.1, 0.15) is 5.56 Å². The van der Waals surface area contributed by atoms with Crippen LogP contribution in [0.2, 0.25) is 0 Å². The quantitative estimate of drug-likeness (QED) is 0.744. The molecule has 3 rings (SSSR count). The molecule has 0 bridgehead atoms. The highest BCUT2D eigenvalue weighted by atomic mass is 16.7. The molecule has 0 aliphatic carbocycles. The Morgan fingerprint density at radius 2 is 1.82 bits per heavy atom. The van der Waals surface area contributed by atoms with E-state index in [9.17, 15) is 5.11 Å². The zero-order chi connectivity index (χ0) is 15.7. The van der Waals surface area contributed by atoms with Crippen molar-refractivity contribution in [2.75, 3.05) is 13.9 Å². The summed E-state index contributed by atoms with van der Waals surface area (Å²) < 4.78 is 12.6. The molecule has 0 spiro atoms. The van der Waals surface area contributed by atoms with E-state index in [1.165, 1.54) is 0 Å². The number of aryl methyl sites for hydroxylation is 2. The molecule has 0 atom stereocenters. The number of nitrogens with zero attached hydrogens (tertiary/aromatic N) is 1. The first-order valence-electron chi connectivity index (χ1n) is 7.13. The third-order valence-corrected chi connectivity index (χ3v) is 3.91. The topological polar surface area (TPSA) is 43.6 Å². The average Bonchev–Trinajstić information content (AvgIpc) is 2.78. The molecule has 0 aliphatic heterocycles. The number of hydrogen-bond acceptors (Lipinski definition) is 3. The molecule has 0 unspecified atom stereocenters. The summed E-state index contributed by atoms with van der Waals surface area (Å²) in [5.74, 6) is 0.567. The first-order valence-corrected chi connectivity index (χ1v) is 7.13. The van der Waals surface area contributed by atoms with E-state index in [2.05, 4.69) is 23.6 Å². The molecule has 0 fully saturated rings. The lowest BCUT2D eigenvalue weighted by Crippen LogP contribution is -2.01. The van der Waals surface area contributed by atoms with Crippen LogP contribution in [-0.2, 0) is 11.8 Å². The number of rotatable bonds is 4. The fourth-order valence-corrected chi connectivity index (χ4v) is 2.95. The Morgan fingerprint density at radius 1 is 1.09 bits per heavy atom. The van der Waals surface area contributed by atoms with Crippen LogP contribution in [-0.4, -0.2) is 23.6 Å². The normalized spacial score (nSPS) is 11.0. The molecule has 0 radical (unpaired) electrons. The van der Waals surface area contributed by atoms with Crippen molar-refractivity contribution in [2.45, 2.75) is 6.92 Å². The molecule has 1 heterocycles. The second kappa shape index (κ2) is 5.73. The summed E-state index contributed by atoms with van der Waals surface area (Å²) in [5.41, 5.74) is 4.28. The maximum Gasteiger partial charge on any atom is 0.189 e. The largest absolute Gasteiger partial charge is 0.504 e. The fourth-order valence-electron chi connectivity index (χ4n) is 2.95. The summed E-state index contributed by atoms with van der Waals surface area (Å²) in [6.45, 7) is 2.18. The SMILES string of the molecule is COCOc1c(O)ccc2c(C)c(-c3ccccc3)n(C)c12. The van der Waals surface area contributed by atoms with Gasteiger partial charge >= 0.3 is 0 Å². The molecule has 4 nitrogen and oxygen atoms in total. The van der Waals surface area contributed by atoms with Gasteiger partial charge in [-0.3, -0.25) is 0 Å². The Bertz CT molecular complexity index is 806. The summed E-state index contributed by atoms with van der Waals surface area (Å²) in [7, 11) is 3.54. The van der Waals surface area contributed by atoms with E-state index in [0.717, 1.165) is 27.7 Å². The number of aromatic hydroxyl groups is 1. The standard InChI is InChI=1S/C18H19NO3/c1-12-14-9-10-15(20)18(22-11-21-3)17(14)19(2)16(12)13-7-5-4-6-8-13/h4-10,20H,11H2,1-3H3. The highest BCUT2D eigenvalue weighted by Gasteiger charge is 2.19. The van der Waals surface area contributed by atoms with Gasteiger partial charge < -0.3 is 19.1 Å². The fraction of sp³-hybridized carbons (Fsp3) is 0.222. The zero-order valence-corrected chi connectivity index (χ0v) is 13.0. The molecule has 1 N–H and O–H groups in total.